The average Bonchev–Trinajstić information content (AvgIpc) is 3.10. The Kier molecular flexibility index (Phi) is 5.36. The summed E-state index contributed by atoms with van der Waals surface area (Å²) >= 11 is 1.59. The van der Waals surface area contributed by atoms with Crippen LogP contribution in [0.3, 0.4) is 0 Å². The smallest absolute Gasteiger partial charge is 0.255 e. The largest absolute Gasteiger partial charge is 0.322 e. The second-order valence-corrected chi connectivity index (χ2v) is 7.87. The van der Waals surface area contributed by atoms with Crippen LogP contribution in [-0.2, 0) is 4.79 Å². The van der Waals surface area contributed by atoms with Crippen LogP contribution in [0.15, 0.2) is 72.8 Å². The quantitative estimate of drug-likeness (QED) is 0.651. The molecule has 0 radical (unpaired) electrons. The fourth-order valence-corrected chi connectivity index (χ4v) is 4.47. The molecule has 2 amide bonds. The van der Waals surface area contributed by atoms with Crippen molar-refractivity contribution in [2.24, 2.45) is 0 Å². The number of thioether (sulfide) groups is 1. The number of rotatable bonds is 4. The number of carbonyl (C=O) groups excluding carboxylic acids is 2. The summed E-state index contributed by atoms with van der Waals surface area (Å²) in [4.78, 5) is 26.7. The lowest BCUT2D eigenvalue weighted by Crippen LogP contribution is -2.28. The van der Waals surface area contributed by atoms with Gasteiger partial charge in [0.25, 0.3) is 5.91 Å². The van der Waals surface area contributed by atoms with Gasteiger partial charge in [0.15, 0.2) is 0 Å². The van der Waals surface area contributed by atoms with Gasteiger partial charge in [0.2, 0.25) is 5.91 Å². The Balaban J connectivity index is 1.52. The molecule has 1 heterocycles. The minimum Gasteiger partial charge on any atom is -0.322 e. The van der Waals surface area contributed by atoms with Crippen molar-refractivity contribution in [2.45, 2.75) is 12.3 Å². The molecule has 4 nitrogen and oxygen atoms in total. The zero-order valence-electron chi connectivity index (χ0n) is 15.8. The van der Waals surface area contributed by atoms with Gasteiger partial charge in [-0.05, 0) is 60.5 Å². The summed E-state index contributed by atoms with van der Waals surface area (Å²) in [5.74, 6) is -0.164. The number of hydrogen-bond acceptors (Lipinski definition) is 3. The molecule has 0 aliphatic carbocycles. The van der Waals surface area contributed by atoms with Gasteiger partial charge in [0.05, 0.1) is 5.75 Å². The molecule has 1 atom stereocenters. The molecule has 1 N–H and O–H groups in total. The molecule has 6 heteroatoms. The lowest BCUT2D eigenvalue weighted by Gasteiger charge is -2.26. The Hall–Kier alpha value is -3.12. The van der Waals surface area contributed by atoms with Gasteiger partial charge in [-0.2, -0.15) is 0 Å². The predicted molar refractivity (Wildman–Crippen MR) is 115 cm³/mol. The maximum atomic E-state index is 13.0. The molecule has 0 saturated carbocycles. The number of carbonyl (C=O) groups is 2. The van der Waals surface area contributed by atoms with Gasteiger partial charge < -0.3 is 5.32 Å². The van der Waals surface area contributed by atoms with Crippen LogP contribution < -0.4 is 10.2 Å². The summed E-state index contributed by atoms with van der Waals surface area (Å²) in [6.45, 7) is 2.00. The number of nitrogens with zero attached hydrogens (tertiary/aromatic N) is 1. The monoisotopic (exact) mass is 406 g/mol. The second kappa shape index (κ2) is 8.09. The molecule has 146 valence electrons. The Morgan fingerprint density at radius 3 is 2.41 bits per heavy atom. The topological polar surface area (TPSA) is 49.4 Å². The SMILES string of the molecule is Cc1ccccc1N1C(=O)CS[C@H]1c1ccc(NC(=O)c2ccc(F)cc2)cc1. The minimum atomic E-state index is -0.382. The molecule has 0 bridgehead atoms. The van der Waals surface area contributed by atoms with Crippen LogP contribution in [0.4, 0.5) is 15.8 Å². The van der Waals surface area contributed by atoms with Crippen LogP contribution in [0.2, 0.25) is 0 Å². The summed E-state index contributed by atoms with van der Waals surface area (Å²) < 4.78 is 13.0. The third-order valence-corrected chi connectivity index (χ3v) is 6.02. The summed E-state index contributed by atoms with van der Waals surface area (Å²) in [6, 6.07) is 20.7. The Labute approximate surface area is 172 Å². The fraction of sp³-hybridized carbons (Fsp3) is 0.130. The number of anilines is 2. The summed E-state index contributed by atoms with van der Waals surface area (Å²) in [7, 11) is 0. The van der Waals surface area contributed by atoms with Gasteiger partial charge in [-0.3, -0.25) is 14.5 Å². The molecule has 3 aromatic rings. The van der Waals surface area contributed by atoms with Gasteiger partial charge in [-0.25, -0.2) is 4.39 Å². The number of amides is 2. The van der Waals surface area contributed by atoms with Crippen molar-refractivity contribution in [3.63, 3.8) is 0 Å². The minimum absolute atomic E-state index is 0.0861. The highest BCUT2D eigenvalue weighted by molar-refractivity contribution is 8.00. The van der Waals surface area contributed by atoms with E-state index in [0.29, 0.717) is 17.0 Å². The van der Waals surface area contributed by atoms with E-state index in [9.17, 15) is 14.0 Å². The maximum Gasteiger partial charge on any atom is 0.255 e. The van der Waals surface area contributed by atoms with Crippen molar-refractivity contribution in [1.82, 2.24) is 0 Å². The van der Waals surface area contributed by atoms with Crippen LogP contribution in [0.5, 0.6) is 0 Å². The lowest BCUT2D eigenvalue weighted by molar-refractivity contribution is -0.115. The zero-order chi connectivity index (χ0) is 20.4. The molecular formula is C23H19FN2O2S. The summed E-state index contributed by atoms with van der Waals surface area (Å²) in [5.41, 5.74) is 3.99. The maximum absolute atomic E-state index is 13.0. The molecule has 1 fully saturated rings. The standard InChI is InChI=1S/C23H19FN2O2S/c1-15-4-2-3-5-20(15)26-21(27)14-29-23(26)17-8-12-19(13-9-17)25-22(28)16-6-10-18(24)11-7-16/h2-13,23H,14H2,1H3,(H,25,28)/t23-/m0/s1. The van der Waals surface area contributed by atoms with Crippen LogP contribution in [0.25, 0.3) is 0 Å². The normalized spacial score (nSPS) is 16.1. The number of benzene rings is 3. The first-order valence-electron chi connectivity index (χ1n) is 9.19. The van der Waals surface area contributed by atoms with Crippen molar-refractivity contribution < 1.29 is 14.0 Å². The first-order chi connectivity index (χ1) is 14.0. The van der Waals surface area contributed by atoms with Gasteiger partial charge in [-0.15, -0.1) is 11.8 Å². The van der Waals surface area contributed by atoms with E-state index in [1.165, 1.54) is 24.3 Å². The van der Waals surface area contributed by atoms with E-state index < -0.39 is 0 Å². The van der Waals surface area contributed by atoms with Gasteiger partial charge in [0, 0.05) is 16.9 Å². The van der Waals surface area contributed by atoms with E-state index in [1.54, 1.807) is 11.8 Å². The molecule has 0 unspecified atom stereocenters. The zero-order valence-corrected chi connectivity index (χ0v) is 16.6. The van der Waals surface area contributed by atoms with Crippen molar-refractivity contribution in [3.8, 4) is 0 Å². The third kappa shape index (κ3) is 4.03. The van der Waals surface area contributed by atoms with Crippen LogP contribution in [0, 0.1) is 12.7 Å². The number of hydrogen-bond donors (Lipinski definition) is 1. The fourth-order valence-electron chi connectivity index (χ4n) is 3.30. The molecule has 3 aromatic carbocycles. The molecular weight excluding hydrogens is 387 g/mol. The number of para-hydroxylation sites is 1. The van der Waals surface area contributed by atoms with E-state index in [1.807, 2.05) is 60.4 Å². The second-order valence-electron chi connectivity index (χ2n) is 6.80. The predicted octanol–water partition coefficient (Wildman–Crippen LogP) is 5.17. The number of nitrogens with one attached hydrogen (secondary N) is 1. The number of aryl methyl sites for hydroxylation is 1. The molecule has 4 rings (SSSR count). The molecule has 1 aliphatic heterocycles. The van der Waals surface area contributed by atoms with Crippen molar-refractivity contribution in [2.75, 3.05) is 16.0 Å². The Morgan fingerprint density at radius 1 is 1.03 bits per heavy atom. The molecule has 0 aromatic heterocycles. The van der Waals surface area contributed by atoms with E-state index >= 15 is 0 Å². The molecule has 1 aliphatic rings. The molecule has 29 heavy (non-hydrogen) atoms. The van der Waals surface area contributed by atoms with Crippen molar-refractivity contribution >= 4 is 35.0 Å². The van der Waals surface area contributed by atoms with E-state index in [4.69, 9.17) is 0 Å². The highest BCUT2D eigenvalue weighted by Crippen LogP contribution is 2.42. The van der Waals surface area contributed by atoms with E-state index in [0.717, 1.165) is 16.8 Å². The van der Waals surface area contributed by atoms with Crippen LogP contribution in [-0.4, -0.2) is 17.6 Å². The molecule has 1 saturated heterocycles. The average molecular weight is 406 g/mol. The summed E-state index contributed by atoms with van der Waals surface area (Å²) in [5, 5.41) is 2.70. The number of halogens is 1. The highest BCUT2D eigenvalue weighted by Gasteiger charge is 2.34. The van der Waals surface area contributed by atoms with Crippen LogP contribution in [0.1, 0.15) is 26.9 Å². The van der Waals surface area contributed by atoms with E-state index in [2.05, 4.69) is 5.32 Å². The van der Waals surface area contributed by atoms with Gasteiger partial charge in [-0.1, -0.05) is 30.3 Å². The lowest BCUT2D eigenvalue weighted by atomic mass is 10.1. The first kappa shape index (κ1) is 19.2. The van der Waals surface area contributed by atoms with Crippen LogP contribution >= 0.6 is 11.8 Å². The highest BCUT2D eigenvalue weighted by atomic mass is 32.2. The molecule has 0 spiro atoms. The Morgan fingerprint density at radius 2 is 1.72 bits per heavy atom. The van der Waals surface area contributed by atoms with Gasteiger partial charge in [0.1, 0.15) is 11.2 Å². The van der Waals surface area contributed by atoms with Crippen molar-refractivity contribution in [1.29, 1.82) is 0 Å². The third-order valence-electron chi connectivity index (χ3n) is 4.80. The van der Waals surface area contributed by atoms with Crippen molar-refractivity contribution in [3.05, 3.63) is 95.3 Å². The summed E-state index contributed by atoms with van der Waals surface area (Å²) in [6.07, 6.45) is 0. The first-order valence-corrected chi connectivity index (χ1v) is 10.2. The van der Waals surface area contributed by atoms with Gasteiger partial charge >= 0.3 is 0 Å². The Bertz CT molecular complexity index is 1050. The van der Waals surface area contributed by atoms with E-state index in [-0.39, 0.29) is 23.0 Å².